The van der Waals surface area contributed by atoms with E-state index in [9.17, 15) is 4.79 Å². The molecule has 5 heteroatoms. The Kier molecular flexibility index (Phi) is 6.45. The third-order valence-electron chi connectivity index (χ3n) is 2.73. The number of rotatable bonds is 7. The van der Waals surface area contributed by atoms with Crippen LogP contribution >= 0.6 is 11.3 Å². The molecular formula is C14H24N2O2S. The van der Waals surface area contributed by atoms with Crippen LogP contribution in [0.15, 0.2) is 5.38 Å². The second-order valence-electron chi connectivity index (χ2n) is 5.57. The number of ether oxygens (including phenoxy) is 1. The van der Waals surface area contributed by atoms with Gasteiger partial charge in [0.25, 0.3) is 0 Å². The van der Waals surface area contributed by atoms with Gasteiger partial charge in [-0.1, -0.05) is 20.8 Å². The summed E-state index contributed by atoms with van der Waals surface area (Å²) in [5.74, 6) is 0.0867. The van der Waals surface area contributed by atoms with Gasteiger partial charge < -0.3 is 10.1 Å². The molecule has 1 heterocycles. The van der Waals surface area contributed by atoms with Crippen LogP contribution in [0.2, 0.25) is 0 Å². The molecule has 19 heavy (non-hydrogen) atoms. The molecular weight excluding hydrogens is 260 g/mol. The van der Waals surface area contributed by atoms with Gasteiger partial charge in [0.1, 0.15) is 0 Å². The third-order valence-corrected chi connectivity index (χ3v) is 3.64. The molecule has 0 radical (unpaired) electrons. The Hall–Kier alpha value is -0.940. The van der Waals surface area contributed by atoms with Crippen LogP contribution in [0.4, 0.5) is 0 Å². The summed E-state index contributed by atoms with van der Waals surface area (Å²) in [6.07, 6.45) is 2.08. The molecule has 0 aliphatic heterocycles. The average molecular weight is 284 g/mol. The molecule has 0 spiro atoms. The zero-order chi connectivity index (χ0) is 14.3. The first-order valence-corrected chi connectivity index (χ1v) is 7.52. The zero-order valence-electron chi connectivity index (χ0n) is 12.3. The fraction of sp³-hybridized carbons (Fsp3) is 0.714. The number of thiazole rings is 1. The van der Waals surface area contributed by atoms with Crippen LogP contribution in [0, 0.1) is 0 Å². The van der Waals surface area contributed by atoms with Crippen LogP contribution in [0.3, 0.4) is 0 Å². The van der Waals surface area contributed by atoms with Crippen molar-refractivity contribution in [1.82, 2.24) is 10.3 Å². The molecule has 1 aromatic rings. The summed E-state index contributed by atoms with van der Waals surface area (Å²) in [4.78, 5) is 16.2. The highest BCUT2D eigenvalue weighted by Crippen LogP contribution is 2.24. The minimum atomic E-state index is 0.0805. The van der Waals surface area contributed by atoms with E-state index in [4.69, 9.17) is 4.74 Å². The lowest BCUT2D eigenvalue weighted by Gasteiger charge is -2.14. The minimum Gasteiger partial charge on any atom is -0.385 e. The number of nitrogens with one attached hydrogen (secondary N) is 1. The van der Waals surface area contributed by atoms with Gasteiger partial charge >= 0.3 is 0 Å². The molecule has 1 rings (SSSR count). The van der Waals surface area contributed by atoms with Gasteiger partial charge in [-0.2, -0.15) is 0 Å². The van der Waals surface area contributed by atoms with Crippen LogP contribution in [0.5, 0.6) is 0 Å². The summed E-state index contributed by atoms with van der Waals surface area (Å²) in [6.45, 7) is 7.80. The van der Waals surface area contributed by atoms with Gasteiger partial charge in [0.15, 0.2) is 0 Å². The predicted octanol–water partition coefficient (Wildman–Crippen LogP) is 2.53. The van der Waals surface area contributed by atoms with E-state index in [0.29, 0.717) is 19.6 Å². The maximum absolute atomic E-state index is 11.6. The summed E-state index contributed by atoms with van der Waals surface area (Å²) < 4.78 is 4.93. The summed E-state index contributed by atoms with van der Waals surface area (Å²) in [6, 6.07) is 0. The molecule has 0 saturated heterocycles. The molecule has 0 unspecified atom stereocenters. The third kappa shape index (κ3) is 6.16. The van der Waals surface area contributed by atoms with E-state index in [1.807, 2.05) is 0 Å². The Morgan fingerprint density at radius 1 is 1.47 bits per heavy atom. The molecule has 1 amide bonds. The van der Waals surface area contributed by atoms with Crippen molar-refractivity contribution in [2.45, 2.75) is 45.4 Å². The number of amides is 1. The first-order valence-electron chi connectivity index (χ1n) is 6.64. The molecule has 0 atom stereocenters. The molecule has 0 aliphatic rings. The Bertz CT molecular complexity index is 396. The second-order valence-corrected chi connectivity index (χ2v) is 6.52. The van der Waals surface area contributed by atoms with Crippen molar-refractivity contribution in [3.05, 3.63) is 16.1 Å². The first kappa shape index (κ1) is 16.1. The summed E-state index contributed by atoms with van der Waals surface area (Å²) >= 11 is 1.64. The molecule has 4 nitrogen and oxygen atoms in total. The van der Waals surface area contributed by atoms with Crippen molar-refractivity contribution >= 4 is 17.2 Å². The van der Waals surface area contributed by atoms with Gasteiger partial charge in [-0.15, -0.1) is 11.3 Å². The number of nitrogens with zero attached hydrogens (tertiary/aromatic N) is 1. The van der Waals surface area contributed by atoms with Crippen LogP contribution in [-0.4, -0.2) is 31.2 Å². The highest BCUT2D eigenvalue weighted by molar-refractivity contribution is 7.09. The fourth-order valence-electron chi connectivity index (χ4n) is 1.52. The Labute approximate surface area is 119 Å². The Balaban J connectivity index is 2.28. The van der Waals surface area contributed by atoms with Crippen LogP contribution in [-0.2, 0) is 21.4 Å². The van der Waals surface area contributed by atoms with Gasteiger partial charge in [0, 0.05) is 43.9 Å². The average Bonchev–Trinajstić information content (AvgIpc) is 2.81. The first-order chi connectivity index (χ1) is 8.93. The number of hydrogen-bond acceptors (Lipinski definition) is 4. The van der Waals surface area contributed by atoms with Crippen LogP contribution < -0.4 is 5.32 Å². The Morgan fingerprint density at radius 2 is 2.21 bits per heavy atom. The van der Waals surface area contributed by atoms with Gasteiger partial charge in [0.2, 0.25) is 5.91 Å². The number of aryl methyl sites for hydroxylation is 1. The highest BCUT2D eigenvalue weighted by Gasteiger charge is 2.17. The van der Waals surface area contributed by atoms with Crippen molar-refractivity contribution in [2.24, 2.45) is 0 Å². The maximum Gasteiger partial charge on any atom is 0.220 e. The molecule has 1 aromatic heterocycles. The van der Waals surface area contributed by atoms with Crippen molar-refractivity contribution in [1.29, 1.82) is 0 Å². The van der Waals surface area contributed by atoms with E-state index < -0.39 is 0 Å². The Morgan fingerprint density at radius 3 is 2.79 bits per heavy atom. The van der Waals surface area contributed by atoms with Crippen LogP contribution in [0.25, 0.3) is 0 Å². The van der Waals surface area contributed by atoms with E-state index in [2.05, 4.69) is 36.5 Å². The monoisotopic (exact) mass is 284 g/mol. The lowest BCUT2D eigenvalue weighted by molar-refractivity contribution is -0.121. The van der Waals surface area contributed by atoms with Crippen LogP contribution in [0.1, 0.15) is 44.3 Å². The van der Waals surface area contributed by atoms with E-state index in [0.717, 1.165) is 23.5 Å². The van der Waals surface area contributed by atoms with E-state index >= 15 is 0 Å². The zero-order valence-corrected chi connectivity index (χ0v) is 13.1. The van der Waals surface area contributed by atoms with Gasteiger partial charge in [-0.3, -0.25) is 4.79 Å². The van der Waals surface area contributed by atoms with Crippen molar-refractivity contribution in [3.63, 3.8) is 0 Å². The standard InChI is InChI=1S/C14H24N2O2S/c1-14(2,3)11-10-19-13(16-11)7-6-12(17)15-8-5-9-18-4/h10H,5-9H2,1-4H3,(H,15,17). The summed E-state index contributed by atoms with van der Waals surface area (Å²) in [7, 11) is 1.66. The molecule has 0 aliphatic carbocycles. The van der Waals surface area contributed by atoms with Gasteiger partial charge in [0.05, 0.1) is 10.7 Å². The summed E-state index contributed by atoms with van der Waals surface area (Å²) in [5.41, 5.74) is 1.19. The highest BCUT2D eigenvalue weighted by atomic mass is 32.1. The SMILES string of the molecule is COCCCNC(=O)CCc1nc(C(C)(C)C)cs1. The molecule has 1 N–H and O–H groups in total. The summed E-state index contributed by atoms with van der Waals surface area (Å²) in [5, 5.41) is 6.01. The van der Waals surface area contributed by atoms with Crippen molar-refractivity contribution < 1.29 is 9.53 Å². The quantitative estimate of drug-likeness (QED) is 0.783. The lowest BCUT2D eigenvalue weighted by Crippen LogP contribution is -2.25. The molecule has 0 aromatic carbocycles. The molecule has 0 bridgehead atoms. The normalized spacial score (nSPS) is 11.6. The fourth-order valence-corrected chi connectivity index (χ4v) is 2.55. The maximum atomic E-state index is 11.6. The number of hydrogen-bond donors (Lipinski definition) is 1. The lowest BCUT2D eigenvalue weighted by atomic mass is 9.93. The van der Waals surface area contributed by atoms with E-state index in [1.54, 1.807) is 18.4 Å². The van der Waals surface area contributed by atoms with Crippen molar-refractivity contribution in [2.75, 3.05) is 20.3 Å². The predicted molar refractivity (Wildman–Crippen MR) is 78.6 cm³/mol. The molecule has 108 valence electrons. The largest absolute Gasteiger partial charge is 0.385 e. The van der Waals surface area contributed by atoms with Gasteiger partial charge in [-0.25, -0.2) is 4.98 Å². The number of methoxy groups -OCH3 is 1. The number of aromatic nitrogens is 1. The number of carbonyl (C=O) groups excluding carboxylic acids is 1. The topological polar surface area (TPSA) is 51.2 Å². The molecule has 0 saturated carbocycles. The number of carbonyl (C=O) groups is 1. The van der Waals surface area contributed by atoms with Crippen molar-refractivity contribution in [3.8, 4) is 0 Å². The smallest absolute Gasteiger partial charge is 0.220 e. The minimum absolute atomic E-state index is 0.0805. The van der Waals surface area contributed by atoms with E-state index in [1.165, 1.54) is 0 Å². The van der Waals surface area contributed by atoms with E-state index in [-0.39, 0.29) is 11.3 Å². The molecule has 0 fully saturated rings. The van der Waals surface area contributed by atoms with Gasteiger partial charge in [-0.05, 0) is 6.42 Å². The second kappa shape index (κ2) is 7.60.